The quantitative estimate of drug-likeness (QED) is 0.668. The lowest BCUT2D eigenvalue weighted by Crippen LogP contribution is -2.30. The van der Waals surface area contributed by atoms with Crippen molar-refractivity contribution in [3.63, 3.8) is 0 Å². The summed E-state index contributed by atoms with van der Waals surface area (Å²) < 4.78 is 0. The second kappa shape index (κ2) is 6.11. The van der Waals surface area contributed by atoms with Gasteiger partial charge in [-0.2, -0.15) is 0 Å². The van der Waals surface area contributed by atoms with Crippen LogP contribution in [0.4, 0.5) is 0 Å². The molecule has 0 saturated carbocycles. The Morgan fingerprint density at radius 3 is 2.72 bits per heavy atom. The predicted octanol–water partition coefficient (Wildman–Crippen LogP) is 2.53. The molecule has 6 heteroatoms. The molecule has 0 fully saturated rings. The van der Waals surface area contributed by atoms with E-state index < -0.39 is 0 Å². The number of pyridine rings is 2. The minimum Gasteiger partial charge on any atom is -0.271 e. The highest BCUT2D eigenvalue weighted by molar-refractivity contribution is 6.31. The second-order valence-corrected chi connectivity index (χ2v) is 4.58. The summed E-state index contributed by atoms with van der Waals surface area (Å²) in [6.07, 6.45) is 5.56. The number of hydrogen-bond donors (Lipinski definition) is 2. The molecule has 0 aliphatic carbocycles. The average Bonchev–Trinajstić information content (AvgIpc) is 2.39. The number of aromatic nitrogens is 2. The minimum atomic E-state index is -0.196. The highest BCUT2D eigenvalue weighted by Crippen LogP contribution is 2.25. The Balaban J connectivity index is 2.26. The topological polar surface area (TPSA) is 63.8 Å². The first kappa shape index (κ1) is 13.2. The van der Waals surface area contributed by atoms with Gasteiger partial charge in [-0.15, -0.1) is 0 Å². The number of nitrogens with one attached hydrogen (secondary N) is 1. The SMILES string of the molecule is NNC(Cc1ccncc1Cl)c1ncccc1Cl. The molecule has 94 valence electrons. The molecule has 2 aromatic rings. The van der Waals surface area contributed by atoms with Crippen LogP contribution in [-0.2, 0) is 6.42 Å². The maximum atomic E-state index is 6.10. The van der Waals surface area contributed by atoms with E-state index >= 15 is 0 Å². The Morgan fingerprint density at radius 2 is 2.06 bits per heavy atom. The van der Waals surface area contributed by atoms with E-state index in [1.807, 2.05) is 6.07 Å². The van der Waals surface area contributed by atoms with Crippen LogP contribution in [0, 0.1) is 0 Å². The first-order valence-corrected chi connectivity index (χ1v) is 6.13. The van der Waals surface area contributed by atoms with Crippen molar-refractivity contribution < 1.29 is 0 Å². The van der Waals surface area contributed by atoms with Crippen molar-refractivity contribution in [2.45, 2.75) is 12.5 Å². The molecule has 1 unspecified atom stereocenters. The number of halogens is 2. The summed E-state index contributed by atoms with van der Waals surface area (Å²) in [4.78, 5) is 8.19. The van der Waals surface area contributed by atoms with Crippen molar-refractivity contribution >= 4 is 23.2 Å². The van der Waals surface area contributed by atoms with Gasteiger partial charge in [-0.05, 0) is 30.2 Å². The molecule has 0 aliphatic rings. The number of hydrogen-bond acceptors (Lipinski definition) is 4. The maximum Gasteiger partial charge on any atom is 0.0775 e. The number of nitrogens with two attached hydrogens (primary N) is 1. The molecule has 4 nitrogen and oxygen atoms in total. The third kappa shape index (κ3) is 2.97. The average molecular weight is 283 g/mol. The molecule has 3 N–H and O–H groups in total. The lowest BCUT2D eigenvalue weighted by atomic mass is 10.0. The van der Waals surface area contributed by atoms with Gasteiger partial charge in [0.25, 0.3) is 0 Å². The number of rotatable bonds is 4. The summed E-state index contributed by atoms with van der Waals surface area (Å²) >= 11 is 12.2. The van der Waals surface area contributed by atoms with Crippen molar-refractivity contribution in [2.75, 3.05) is 0 Å². The van der Waals surface area contributed by atoms with Crippen molar-refractivity contribution in [2.24, 2.45) is 5.84 Å². The van der Waals surface area contributed by atoms with Gasteiger partial charge in [0.2, 0.25) is 0 Å². The Kier molecular flexibility index (Phi) is 4.49. The molecule has 0 radical (unpaired) electrons. The fourth-order valence-electron chi connectivity index (χ4n) is 1.68. The van der Waals surface area contributed by atoms with Crippen LogP contribution in [0.2, 0.25) is 10.0 Å². The molecule has 2 heterocycles. The summed E-state index contributed by atoms with van der Waals surface area (Å²) in [5.41, 5.74) is 4.35. The van der Waals surface area contributed by atoms with Crippen LogP contribution < -0.4 is 11.3 Å². The van der Waals surface area contributed by atoms with Gasteiger partial charge in [-0.25, -0.2) is 0 Å². The Labute approximate surface area is 115 Å². The van der Waals surface area contributed by atoms with Crippen LogP contribution >= 0.6 is 23.2 Å². The zero-order valence-corrected chi connectivity index (χ0v) is 11.0. The highest BCUT2D eigenvalue weighted by Gasteiger charge is 2.16. The summed E-state index contributed by atoms with van der Waals surface area (Å²) in [6.45, 7) is 0. The molecule has 1 atom stereocenters. The van der Waals surface area contributed by atoms with Gasteiger partial charge < -0.3 is 0 Å². The Morgan fingerprint density at radius 1 is 1.22 bits per heavy atom. The second-order valence-electron chi connectivity index (χ2n) is 3.76. The van der Waals surface area contributed by atoms with Crippen LogP contribution in [0.25, 0.3) is 0 Å². The molecule has 0 aromatic carbocycles. The lowest BCUT2D eigenvalue weighted by Gasteiger charge is -2.17. The van der Waals surface area contributed by atoms with E-state index in [0.717, 1.165) is 5.56 Å². The van der Waals surface area contributed by atoms with Gasteiger partial charge in [0.1, 0.15) is 0 Å². The monoisotopic (exact) mass is 282 g/mol. The van der Waals surface area contributed by atoms with Crippen LogP contribution in [-0.4, -0.2) is 9.97 Å². The molecule has 0 spiro atoms. The molecule has 0 saturated heterocycles. The van der Waals surface area contributed by atoms with Gasteiger partial charge >= 0.3 is 0 Å². The Bertz CT molecular complexity index is 533. The van der Waals surface area contributed by atoms with E-state index in [1.54, 1.807) is 30.7 Å². The lowest BCUT2D eigenvalue weighted by molar-refractivity contribution is 0.538. The Hall–Kier alpha value is -1.20. The van der Waals surface area contributed by atoms with Gasteiger partial charge in [0, 0.05) is 18.6 Å². The van der Waals surface area contributed by atoms with Gasteiger partial charge in [0.15, 0.2) is 0 Å². The molecule has 2 aromatic heterocycles. The summed E-state index contributed by atoms with van der Waals surface area (Å²) in [5, 5.41) is 1.18. The summed E-state index contributed by atoms with van der Waals surface area (Å²) in [6, 6.07) is 5.21. The molecular weight excluding hydrogens is 271 g/mol. The first-order valence-electron chi connectivity index (χ1n) is 5.37. The van der Waals surface area contributed by atoms with E-state index in [4.69, 9.17) is 29.0 Å². The molecule has 0 aliphatic heterocycles. The van der Waals surface area contributed by atoms with Crippen molar-refractivity contribution in [1.82, 2.24) is 15.4 Å². The third-order valence-corrected chi connectivity index (χ3v) is 3.26. The number of nitrogens with zero attached hydrogens (tertiary/aromatic N) is 2. The van der Waals surface area contributed by atoms with Crippen LogP contribution in [0.15, 0.2) is 36.8 Å². The summed E-state index contributed by atoms with van der Waals surface area (Å²) in [7, 11) is 0. The predicted molar refractivity (Wildman–Crippen MR) is 72.3 cm³/mol. The maximum absolute atomic E-state index is 6.10. The van der Waals surface area contributed by atoms with Crippen molar-refractivity contribution in [1.29, 1.82) is 0 Å². The van der Waals surface area contributed by atoms with E-state index in [-0.39, 0.29) is 6.04 Å². The summed E-state index contributed by atoms with van der Waals surface area (Å²) in [5.74, 6) is 5.56. The molecule has 18 heavy (non-hydrogen) atoms. The third-order valence-electron chi connectivity index (χ3n) is 2.60. The van der Waals surface area contributed by atoms with E-state index in [2.05, 4.69) is 15.4 Å². The fraction of sp³-hybridized carbons (Fsp3) is 0.167. The van der Waals surface area contributed by atoms with E-state index in [9.17, 15) is 0 Å². The first-order chi connectivity index (χ1) is 8.72. The van der Waals surface area contributed by atoms with Crippen LogP contribution in [0.3, 0.4) is 0 Å². The largest absolute Gasteiger partial charge is 0.271 e. The van der Waals surface area contributed by atoms with Gasteiger partial charge in [-0.1, -0.05) is 23.2 Å². The zero-order valence-electron chi connectivity index (χ0n) is 9.48. The zero-order chi connectivity index (χ0) is 13.0. The molecule has 2 rings (SSSR count). The molecule has 0 bridgehead atoms. The van der Waals surface area contributed by atoms with E-state index in [1.165, 1.54) is 0 Å². The van der Waals surface area contributed by atoms with Crippen LogP contribution in [0.5, 0.6) is 0 Å². The van der Waals surface area contributed by atoms with Gasteiger partial charge in [-0.3, -0.25) is 21.2 Å². The minimum absolute atomic E-state index is 0.196. The van der Waals surface area contributed by atoms with Crippen molar-refractivity contribution in [3.8, 4) is 0 Å². The molecule has 0 amide bonds. The van der Waals surface area contributed by atoms with Crippen molar-refractivity contribution in [3.05, 3.63) is 58.1 Å². The highest BCUT2D eigenvalue weighted by atomic mass is 35.5. The van der Waals surface area contributed by atoms with Crippen LogP contribution in [0.1, 0.15) is 17.3 Å². The fourth-order valence-corrected chi connectivity index (χ4v) is 2.13. The van der Waals surface area contributed by atoms with E-state index in [0.29, 0.717) is 22.2 Å². The smallest absolute Gasteiger partial charge is 0.0775 e. The molecular formula is C12H12Cl2N4. The van der Waals surface area contributed by atoms with Gasteiger partial charge in [0.05, 0.1) is 21.8 Å². The number of hydrazine groups is 1. The standard InChI is InChI=1S/C12H12Cl2N4/c13-9-2-1-4-17-12(9)11(18-15)6-8-3-5-16-7-10(8)14/h1-5,7,11,18H,6,15H2. The normalized spacial score (nSPS) is 12.4.